The maximum Gasteiger partial charge on any atom is 0.259 e. The van der Waals surface area contributed by atoms with Crippen molar-refractivity contribution in [2.75, 3.05) is 24.1 Å². The lowest BCUT2D eigenvalue weighted by molar-refractivity contribution is 0.0992. The SMILES string of the molecule is CN(C(=O)c1ccc(NCc2ccc3c(c2)OCO3)nc1)c1ccccc1. The van der Waals surface area contributed by atoms with Crippen molar-refractivity contribution >= 4 is 17.4 Å². The van der Waals surface area contributed by atoms with Crippen molar-refractivity contribution in [1.82, 2.24) is 4.98 Å². The van der Waals surface area contributed by atoms with Gasteiger partial charge in [0.15, 0.2) is 11.5 Å². The van der Waals surface area contributed by atoms with Crippen LogP contribution in [0.1, 0.15) is 15.9 Å². The number of nitrogens with zero attached hydrogens (tertiary/aromatic N) is 2. The number of carbonyl (C=O) groups is 1. The normalized spacial score (nSPS) is 11.9. The van der Waals surface area contributed by atoms with Crippen LogP contribution in [0.25, 0.3) is 0 Å². The Balaban J connectivity index is 1.39. The molecule has 0 spiro atoms. The number of para-hydroxylation sites is 1. The van der Waals surface area contributed by atoms with E-state index >= 15 is 0 Å². The largest absolute Gasteiger partial charge is 0.454 e. The molecule has 0 fully saturated rings. The van der Waals surface area contributed by atoms with E-state index in [4.69, 9.17) is 9.47 Å². The fourth-order valence-electron chi connectivity index (χ4n) is 2.83. The topological polar surface area (TPSA) is 63.7 Å². The van der Waals surface area contributed by atoms with Crippen molar-refractivity contribution in [2.24, 2.45) is 0 Å². The standard InChI is InChI=1S/C21H19N3O3/c1-24(17-5-3-2-4-6-17)21(25)16-8-10-20(23-13-16)22-12-15-7-9-18-19(11-15)27-14-26-18/h2-11,13H,12,14H2,1H3,(H,22,23). The molecular formula is C21H19N3O3. The van der Waals surface area contributed by atoms with E-state index in [9.17, 15) is 4.79 Å². The molecule has 2 heterocycles. The van der Waals surface area contributed by atoms with Gasteiger partial charge in [0, 0.05) is 25.5 Å². The Morgan fingerprint density at radius 1 is 1.07 bits per heavy atom. The Hall–Kier alpha value is -3.54. The van der Waals surface area contributed by atoms with Crippen LogP contribution in [0.5, 0.6) is 11.5 Å². The number of anilines is 2. The second kappa shape index (κ2) is 7.37. The van der Waals surface area contributed by atoms with Gasteiger partial charge < -0.3 is 19.7 Å². The third-order valence-corrected chi connectivity index (χ3v) is 4.37. The molecule has 3 aromatic rings. The Kier molecular flexibility index (Phi) is 4.61. The highest BCUT2D eigenvalue weighted by Crippen LogP contribution is 2.32. The van der Waals surface area contributed by atoms with Gasteiger partial charge in [0.2, 0.25) is 6.79 Å². The van der Waals surface area contributed by atoms with Crippen LogP contribution < -0.4 is 19.7 Å². The molecule has 6 heteroatoms. The quantitative estimate of drug-likeness (QED) is 0.751. The predicted octanol–water partition coefficient (Wildman–Crippen LogP) is 3.70. The third-order valence-electron chi connectivity index (χ3n) is 4.37. The van der Waals surface area contributed by atoms with Gasteiger partial charge in [-0.15, -0.1) is 0 Å². The summed E-state index contributed by atoms with van der Waals surface area (Å²) in [5, 5.41) is 3.25. The summed E-state index contributed by atoms with van der Waals surface area (Å²) in [4.78, 5) is 18.5. The van der Waals surface area contributed by atoms with Gasteiger partial charge in [-0.2, -0.15) is 0 Å². The lowest BCUT2D eigenvalue weighted by atomic mass is 10.2. The molecule has 1 amide bonds. The van der Waals surface area contributed by atoms with E-state index in [-0.39, 0.29) is 12.7 Å². The van der Waals surface area contributed by atoms with E-state index in [1.54, 1.807) is 30.3 Å². The minimum absolute atomic E-state index is 0.101. The molecule has 27 heavy (non-hydrogen) atoms. The summed E-state index contributed by atoms with van der Waals surface area (Å²) in [5.74, 6) is 2.12. The van der Waals surface area contributed by atoms with Crippen molar-refractivity contribution in [3.63, 3.8) is 0 Å². The Bertz CT molecular complexity index is 943. The summed E-state index contributed by atoms with van der Waals surface area (Å²) in [6, 6.07) is 18.9. The molecule has 1 aliphatic heterocycles. The fraction of sp³-hybridized carbons (Fsp3) is 0.143. The monoisotopic (exact) mass is 361 g/mol. The summed E-state index contributed by atoms with van der Waals surface area (Å²) in [6.45, 7) is 0.863. The number of aromatic nitrogens is 1. The van der Waals surface area contributed by atoms with E-state index in [2.05, 4.69) is 10.3 Å². The van der Waals surface area contributed by atoms with Crippen LogP contribution in [-0.4, -0.2) is 24.7 Å². The molecule has 0 unspecified atom stereocenters. The van der Waals surface area contributed by atoms with Gasteiger partial charge in [0.25, 0.3) is 5.91 Å². The van der Waals surface area contributed by atoms with E-state index in [1.165, 1.54) is 0 Å². The zero-order valence-electron chi connectivity index (χ0n) is 14.9. The van der Waals surface area contributed by atoms with Gasteiger partial charge in [-0.1, -0.05) is 24.3 Å². The Morgan fingerprint density at radius 3 is 2.67 bits per heavy atom. The van der Waals surface area contributed by atoms with E-state index in [0.717, 1.165) is 22.7 Å². The number of benzene rings is 2. The Labute approximate surface area is 157 Å². The highest BCUT2D eigenvalue weighted by atomic mass is 16.7. The average molecular weight is 361 g/mol. The molecule has 2 aromatic carbocycles. The molecule has 0 aliphatic carbocycles. The van der Waals surface area contributed by atoms with E-state index < -0.39 is 0 Å². The summed E-state index contributed by atoms with van der Waals surface area (Å²) >= 11 is 0. The minimum Gasteiger partial charge on any atom is -0.454 e. The molecule has 0 bridgehead atoms. The first-order valence-electron chi connectivity index (χ1n) is 8.62. The van der Waals surface area contributed by atoms with Crippen LogP contribution >= 0.6 is 0 Å². The van der Waals surface area contributed by atoms with Crippen molar-refractivity contribution in [2.45, 2.75) is 6.54 Å². The molecule has 0 radical (unpaired) electrons. The van der Waals surface area contributed by atoms with Crippen LogP contribution in [0.3, 0.4) is 0 Å². The fourth-order valence-corrected chi connectivity index (χ4v) is 2.83. The molecule has 136 valence electrons. The van der Waals surface area contributed by atoms with Gasteiger partial charge >= 0.3 is 0 Å². The number of nitrogens with one attached hydrogen (secondary N) is 1. The molecule has 1 N–H and O–H groups in total. The predicted molar refractivity (Wildman–Crippen MR) is 103 cm³/mol. The smallest absolute Gasteiger partial charge is 0.259 e. The number of fused-ring (bicyclic) bond motifs is 1. The first kappa shape index (κ1) is 16.9. The number of pyridine rings is 1. The van der Waals surface area contributed by atoms with Gasteiger partial charge in [-0.25, -0.2) is 4.98 Å². The summed E-state index contributed by atoms with van der Waals surface area (Å²) in [5.41, 5.74) is 2.44. The van der Waals surface area contributed by atoms with Crippen molar-refractivity contribution in [3.8, 4) is 11.5 Å². The molecule has 0 atom stereocenters. The van der Waals surface area contributed by atoms with Gasteiger partial charge in [-0.05, 0) is 42.0 Å². The Morgan fingerprint density at radius 2 is 1.89 bits per heavy atom. The number of hydrogen-bond donors (Lipinski definition) is 1. The lowest BCUT2D eigenvalue weighted by Gasteiger charge is -2.17. The molecule has 0 saturated heterocycles. The average Bonchev–Trinajstić information content (AvgIpc) is 3.20. The summed E-state index contributed by atoms with van der Waals surface area (Å²) < 4.78 is 10.7. The van der Waals surface area contributed by atoms with Crippen LogP contribution in [0, 0.1) is 0 Å². The number of hydrogen-bond acceptors (Lipinski definition) is 5. The van der Waals surface area contributed by atoms with Crippen LogP contribution in [-0.2, 0) is 6.54 Å². The lowest BCUT2D eigenvalue weighted by Crippen LogP contribution is -2.26. The van der Waals surface area contributed by atoms with Gasteiger partial charge in [0.05, 0.1) is 5.56 Å². The summed E-state index contributed by atoms with van der Waals surface area (Å²) in [6.07, 6.45) is 1.59. The number of rotatable bonds is 5. The molecule has 0 saturated carbocycles. The maximum atomic E-state index is 12.6. The molecule has 4 rings (SSSR count). The number of ether oxygens (including phenoxy) is 2. The highest BCUT2D eigenvalue weighted by Gasteiger charge is 2.14. The second-order valence-electron chi connectivity index (χ2n) is 6.17. The number of carbonyl (C=O) groups excluding carboxylic acids is 1. The van der Waals surface area contributed by atoms with E-state index in [1.807, 2.05) is 48.5 Å². The zero-order chi connectivity index (χ0) is 18.6. The van der Waals surface area contributed by atoms with Crippen LogP contribution in [0.4, 0.5) is 11.5 Å². The maximum absolute atomic E-state index is 12.6. The number of amides is 1. The molecule has 1 aromatic heterocycles. The first-order chi connectivity index (χ1) is 13.2. The summed E-state index contributed by atoms with van der Waals surface area (Å²) in [7, 11) is 1.75. The van der Waals surface area contributed by atoms with Crippen LogP contribution in [0.2, 0.25) is 0 Å². The minimum atomic E-state index is -0.101. The molecular weight excluding hydrogens is 342 g/mol. The third kappa shape index (κ3) is 3.69. The first-order valence-corrected chi connectivity index (χ1v) is 8.62. The van der Waals surface area contributed by atoms with E-state index in [0.29, 0.717) is 17.9 Å². The van der Waals surface area contributed by atoms with Crippen LogP contribution in [0.15, 0.2) is 66.9 Å². The van der Waals surface area contributed by atoms with Crippen molar-refractivity contribution in [1.29, 1.82) is 0 Å². The zero-order valence-corrected chi connectivity index (χ0v) is 14.9. The van der Waals surface area contributed by atoms with Gasteiger partial charge in [-0.3, -0.25) is 4.79 Å². The van der Waals surface area contributed by atoms with Crippen molar-refractivity contribution < 1.29 is 14.3 Å². The van der Waals surface area contributed by atoms with Gasteiger partial charge in [0.1, 0.15) is 5.82 Å². The highest BCUT2D eigenvalue weighted by molar-refractivity contribution is 6.05. The second-order valence-corrected chi connectivity index (χ2v) is 6.17. The molecule has 1 aliphatic rings. The molecule has 6 nitrogen and oxygen atoms in total. The van der Waals surface area contributed by atoms with Crippen molar-refractivity contribution in [3.05, 3.63) is 78.0 Å².